The molecule has 2 aromatic carbocycles. The van der Waals surface area contributed by atoms with Crippen LogP contribution in [-0.4, -0.2) is 13.2 Å². The molecule has 0 aromatic heterocycles. The van der Waals surface area contributed by atoms with E-state index in [2.05, 4.69) is 6.92 Å². The Morgan fingerprint density at radius 2 is 1.80 bits per heavy atom. The first-order chi connectivity index (χ1) is 9.63. The van der Waals surface area contributed by atoms with Crippen LogP contribution in [0.15, 0.2) is 36.4 Å². The van der Waals surface area contributed by atoms with Gasteiger partial charge in [-0.05, 0) is 35.9 Å². The average molecular weight is 273 g/mol. The van der Waals surface area contributed by atoms with Gasteiger partial charge >= 0.3 is 0 Å². The van der Waals surface area contributed by atoms with Crippen LogP contribution < -0.4 is 15.2 Å². The van der Waals surface area contributed by atoms with Crippen molar-refractivity contribution < 1.29 is 13.9 Å². The highest BCUT2D eigenvalue weighted by Crippen LogP contribution is 2.36. The van der Waals surface area contributed by atoms with Crippen LogP contribution in [0.5, 0.6) is 11.5 Å². The summed E-state index contributed by atoms with van der Waals surface area (Å²) in [5.41, 5.74) is 7.93. The zero-order valence-corrected chi connectivity index (χ0v) is 11.2. The fourth-order valence-corrected chi connectivity index (χ4v) is 2.20. The molecule has 4 heteroatoms. The molecule has 1 heterocycles. The van der Waals surface area contributed by atoms with Crippen molar-refractivity contribution in [3.05, 3.63) is 42.2 Å². The lowest BCUT2D eigenvalue weighted by atomic mass is 10.0. The highest BCUT2D eigenvalue weighted by molar-refractivity contribution is 5.77. The number of nitrogens with two attached hydrogens (primary N) is 1. The van der Waals surface area contributed by atoms with Gasteiger partial charge in [0.25, 0.3) is 0 Å². The second-order valence-electron chi connectivity index (χ2n) is 5.12. The molecule has 104 valence electrons. The minimum atomic E-state index is -0.310. The summed E-state index contributed by atoms with van der Waals surface area (Å²) in [4.78, 5) is 0. The summed E-state index contributed by atoms with van der Waals surface area (Å²) in [7, 11) is 0. The van der Waals surface area contributed by atoms with Crippen molar-refractivity contribution in [3.63, 3.8) is 0 Å². The van der Waals surface area contributed by atoms with Crippen LogP contribution in [0.1, 0.15) is 6.92 Å². The molecule has 3 nitrogen and oxygen atoms in total. The van der Waals surface area contributed by atoms with Gasteiger partial charge in [-0.3, -0.25) is 0 Å². The summed E-state index contributed by atoms with van der Waals surface area (Å²) < 4.78 is 24.8. The summed E-state index contributed by atoms with van der Waals surface area (Å²) in [6, 6.07) is 9.89. The quantitative estimate of drug-likeness (QED) is 0.809. The summed E-state index contributed by atoms with van der Waals surface area (Å²) >= 11 is 0. The van der Waals surface area contributed by atoms with E-state index in [-0.39, 0.29) is 5.82 Å². The minimum Gasteiger partial charge on any atom is -0.489 e. The summed E-state index contributed by atoms with van der Waals surface area (Å²) in [5, 5.41) is 0. The van der Waals surface area contributed by atoms with E-state index < -0.39 is 0 Å². The van der Waals surface area contributed by atoms with Crippen molar-refractivity contribution in [1.82, 2.24) is 0 Å². The van der Waals surface area contributed by atoms with Crippen molar-refractivity contribution in [1.29, 1.82) is 0 Å². The highest BCUT2D eigenvalue weighted by Gasteiger charge is 2.16. The molecule has 0 saturated heterocycles. The third-order valence-corrected chi connectivity index (χ3v) is 3.32. The molecule has 0 aliphatic carbocycles. The Bertz CT molecular complexity index is 642. The number of halogens is 1. The van der Waals surface area contributed by atoms with Crippen LogP contribution in [0.3, 0.4) is 0 Å². The number of fused-ring (bicyclic) bond motifs is 1. The van der Waals surface area contributed by atoms with Crippen molar-refractivity contribution in [2.45, 2.75) is 6.92 Å². The van der Waals surface area contributed by atoms with Gasteiger partial charge in [-0.1, -0.05) is 13.0 Å². The van der Waals surface area contributed by atoms with E-state index in [1.54, 1.807) is 6.07 Å². The maximum absolute atomic E-state index is 13.4. The Labute approximate surface area is 117 Å². The Morgan fingerprint density at radius 3 is 2.60 bits per heavy atom. The monoisotopic (exact) mass is 273 g/mol. The number of ether oxygens (including phenoxy) is 2. The largest absolute Gasteiger partial charge is 0.489 e. The van der Waals surface area contributed by atoms with Crippen LogP contribution in [0.2, 0.25) is 0 Å². The normalized spacial score (nSPS) is 17.6. The lowest BCUT2D eigenvalue weighted by molar-refractivity contribution is 0.228. The van der Waals surface area contributed by atoms with Crippen LogP contribution in [-0.2, 0) is 0 Å². The van der Waals surface area contributed by atoms with Crippen LogP contribution in [0.4, 0.5) is 10.1 Å². The van der Waals surface area contributed by atoms with Crippen molar-refractivity contribution in [3.8, 4) is 22.6 Å². The third-order valence-electron chi connectivity index (χ3n) is 3.32. The van der Waals surface area contributed by atoms with Gasteiger partial charge < -0.3 is 15.2 Å². The molecule has 0 fully saturated rings. The van der Waals surface area contributed by atoms with Gasteiger partial charge in [0.2, 0.25) is 0 Å². The van der Waals surface area contributed by atoms with Crippen LogP contribution >= 0.6 is 0 Å². The third kappa shape index (κ3) is 2.41. The average Bonchev–Trinajstić information content (AvgIpc) is 2.63. The molecule has 0 saturated carbocycles. The number of hydrogen-bond donors (Lipinski definition) is 1. The van der Waals surface area contributed by atoms with Gasteiger partial charge in [0, 0.05) is 17.2 Å². The lowest BCUT2D eigenvalue weighted by Gasteiger charge is -2.11. The zero-order valence-electron chi connectivity index (χ0n) is 11.2. The Kier molecular flexibility index (Phi) is 3.22. The first kappa shape index (κ1) is 12.8. The Balaban J connectivity index is 2.02. The minimum absolute atomic E-state index is 0.310. The molecular formula is C16H16FNO2. The van der Waals surface area contributed by atoms with E-state index in [9.17, 15) is 4.39 Å². The molecule has 1 atom stereocenters. The molecular weight excluding hydrogens is 257 g/mol. The van der Waals surface area contributed by atoms with E-state index >= 15 is 0 Å². The van der Waals surface area contributed by atoms with Crippen molar-refractivity contribution in [2.75, 3.05) is 18.9 Å². The molecule has 0 amide bonds. The molecule has 1 aliphatic rings. The molecule has 2 aromatic rings. The van der Waals surface area contributed by atoms with Gasteiger partial charge in [-0.15, -0.1) is 0 Å². The van der Waals surface area contributed by atoms with Crippen LogP contribution in [0.25, 0.3) is 11.1 Å². The smallest absolute Gasteiger partial charge is 0.161 e. The molecule has 1 unspecified atom stereocenters. The summed E-state index contributed by atoms with van der Waals surface area (Å²) in [6.45, 7) is 3.31. The van der Waals surface area contributed by atoms with Gasteiger partial charge in [0.1, 0.15) is 5.82 Å². The Morgan fingerprint density at radius 1 is 1.05 bits per heavy atom. The standard InChI is InChI=1S/C16H16FNO2/c1-10-8-19-15-5-2-11(6-16(15)20-9-10)13-7-12(17)3-4-14(13)18/h2-7,10H,8-9,18H2,1H3. The molecule has 3 rings (SSSR count). The predicted octanol–water partition coefficient (Wildman–Crippen LogP) is 3.48. The number of rotatable bonds is 1. The van der Waals surface area contributed by atoms with Crippen LogP contribution in [0, 0.1) is 11.7 Å². The summed E-state index contributed by atoms with van der Waals surface area (Å²) in [6.07, 6.45) is 0. The first-order valence-electron chi connectivity index (χ1n) is 6.58. The fraction of sp³-hybridized carbons (Fsp3) is 0.250. The van der Waals surface area contributed by atoms with E-state index in [1.807, 2.05) is 18.2 Å². The molecule has 2 N–H and O–H groups in total. The topological polar surface area (TPSA) is 44.5 Å². The maximum Gasteiger partial charge on any atom is 0.161 e. The SMILES string of the molecule is CC1COc2ccc(-c3cc(F)ccc3N)cc2OC1. The van der Waals surface area contributed by atoms with Gasteiger partial charge in [-0.25, -0.2) is 4.39 Å². The van der Waals surface area contributed by atoms with E-state index in [0.29, 0.717) is 41.9 Å². The Hall–Kier alpha value is -2.23. The van der Waals surface area contributed by atoms with E-state index in [0.717, 1.165) is 5.56 Å². The van der Waals surface area contributed by atoms with Gasteiger partial charge in [0.15, 0.2) is 11.5 Å². The van der Waals surface area contributed by atoms with Gasteiger partial charge in [0.05, 0.1) is 13.2 Å². The molecule has 0 spiro atoms. The highest BCUT2D eigenvalue weighted by atomic mass is 19.1. The first-order valence-corrected chi connectivity index (χ1v) is 6.58. The zero-order chi connectivity index (χ0) is 14.1. The second-order valence-corrected chi connectivity index (χ2v) is 5.12. The molecule has 20 heavy (non-hydrogen) atoms. The molecule has 1 aliphatic heterocycles. The predicted molar refractivity (Wildman–Crippen MR) is 76.4 cm³/mol. The van der Waals surface area contributed by atoms with Crippen molar-refractivity contribution in [2.24, 2.45) is 5.92 Å². The number of nitrogen functional groups attached to an aromatic ring is 1. The van der Waals surface area contributed by atoms with Gasteiger partial charge in [-0.2, -0.15) is 0 Å². The van der Waals surface area contributed by atoms with E-state index in [1.165, 1.54) is 12.1 Å². The van der Waals surface area contributed by atoms with E-state index in [4.69, 9.17) is 15.2 Å². The lowest BCUT2D eigenvalue weighted by Crippen LogP contribution is -2.12. The number of hydrogen-bond acceptors (Lipinski definition) is 3. The number of anilines is 1. The molecule has 0 bridgehead atoms. The summed E-state index contributed by atoms with van der Waals surface area (Å²) in [5.74, 6) is 1.42. The van der Waals surface area contributed by atoms with Crippen molar-refractivity contribution >= 4 is 5.69 Å². The molecule has 0 radical (unpaired) electrons. The maximum atomic E-state index is 13.4. The second kappa shape index (κ2) is 5.04. The fourth-order valence-electron chi connectivity index (χ4n) is 2.20. The number of benzene rings is 2.